The molecule has 1 rings (SSSR count). The van der Waals surface area contributed by atoms with Gasteiger partial charge in [-0.15, -0.1) is 0 Å². The molecule has 0 bridgehead atoms. The molecule has 0 heterocycles. The van der Waals surface area contributed by atoms with E-state index in [1.807, 2.05) is 13.8 Å². The summed E-state index contributed by atoms with van der Waals surface area (Å²) in [7, 11) is 3.29. The predicted octanol–water partition coefficient (Wildman–Crippen LogP) is 1.40. The van der Waals surface area contributed by atoms with Crippen LogP contribution in [0.4, 0.5) is 5.69 Å². The van der Waals surface area contributed by atoms with E-state index in [2.05, 4.69) is 0 Å². The molecule has 122 valence electrons. The summed E-state index contributed by atoms with van der Waals surface area (Å²) < 4.78 is 0. The molecule has 0 fully saturated rings. The number of nitrogens with zero attached hydrogens (tertiary/aromatic N) is 2. The Kier molecular flexibility index (Phi) is 6.22. The number of hydrogen-bond donors (Lipinski definition) is 2. The molecular formula is C16H25N3O3. The SMILES string of the molecule is CCN(CC)C(=O)C(CC(=O)N(C)C)c1cc(O)ccc1N. The Bertz CT molecular complexity index is 539. The van der Waals surface area contributed by atoms with Crippen LogP contribution in [0.15, 0.2) is 18.2 Å². The summed E-state index contributed by atoms with van der Waals surface area (Å²) in [5, 5.41) is 9.69. The fraction of sp³-hybridized carbons (Fsp3) is 0.500. The van der Waals surface area contributed by atoms with Gasteiger partial charge in [-0.1, -0.05) is 0 Å². The van der Waals surface area contributed by atoms with Crippen molar-refractivity contribution in [1.29, 1.82) is 0 Å². The number of likely N-dealkylation sites (N-methyl/N-ethyl adjacent to an activating group) is 1. The lowest BCUT2D eigenvalue weighted by Crippen LogP contribution is -2.37. The number of hydrogen-bond acceptors (Lipinski definition) is 4. The van der Waals surface area contributed by atoms with E-state index < -0.39 is 5.92 Å². The molecule has 6 nitrogen and oxygen atoms in total. The van der Waals surface area contributed by atoms with Gasteiger partial charge >= 0.3 is 0 Å². The zero-order valence-electron chi connectivity index (χ0n) is 13.7. The van der Waals surface area contributed by atoms with Crippen molar-refractivity contribution in [3.63, 3.8) is 0 Å². The zero-order chi connectivity index (χ0) is 16.9. The molecule has 2 amide bonds. The second kappa shape index (κ2) is 7.68. The third-order valence-corrected chi connectivity index (χ3v) is 3.70. The van der Waals surface area contributed by atoms with Gasteiger partial charge in [-0.2, -0.15) is 0 Å². The van der Waals surface area contributed by atoms with Gasteiger partial charge in [-0.25, -0.2) is 0 Å². The highest BCUT2D eigenvalue weighted by atomic mass is 16.3. The van der Waals surface area contributed by atoms with Crippen molar-refractivity contribution >= 4 is 17.5 Å². The van der Waals surface area contributed by atoms with Crippen molar-refractivity contribution in [2.75, 3.05) is 32.9 Å². The Morgan fingerprint density at radius 1 is 1.23 bits per heavy atom. The van der Waals surface area contributed by atoms with Crippen LogP contribution in [0.1, 0.15) is 31.7 Å². The monoisotopic (exact) mass is 307 g/mol. The minimum Gasteiger partial charge on any atom is -0.508 e. The molecular weight excluding hydrogens is 282 g/mol. The lowest BCUT2D eigenvalue weighted by atomic mass is 9.91. The molecule has 0 aliphatic heterocycles. The average Bonchev–Trinajstić information content (AvgIpc) is 2.48. The van der Waals surface area contributed by atoms with Crippen LogP contribution in [0.2, 0.25) is 0 Å². The number of phenols is 1. The first kappa shape index (κ1) is 17.8. The fourth-order valence-electron chi connectivity index (χ4n) is 2.31. The van der Waals surface area contributed by atoms with Gasteiger partial charge in [0.1, 0.15) is 5.75 Å². The van der Waals surface area contributed by atoms with E-state index in [0.29, 0.717) is 24.3 Å². The summed E-state index contributed by atoms with van der Waals surface area (Å²) in [4.78, 5) is 27.9. The van der Waals surface area contributed by atoms with E-state index in [9.17, 15) is 14.7 Å². The molecule has 1 aromatic carbocycles. The number of nitrogen functional groups attached to an aromatic ring is 1. The first-order valence-electron chi connectivity index (χ1n) is 7.39. The van der Waals surface area contributed by atoms with Crippen LogP contribution in [0, 0.1) is 0 Å². The number of aromatic hydroxyl groups is 1. The maximum Gasteiger partial charge on any atom is 0.230 e. The van der Waals surface area contributed by atoms with Crippen LogP contribution in [-0.2, 0) is 9.59 Å². The Morgan fingerprint density at radius 3 is 2.32 bits per heavy atom. The van der Waals surface area contributed by atoms with Gasteiger partial charge in [0.25, 0.3) is 0 Å². The number of anilines is 1. The fourth-order valence-corrected chi connectivity index (χ4v) is 2.31. The number of carbonyl (C=O) groups excluding carboxylic acids is 2. The van der Waals surface area contributed by atoms with Crippen LogP contribution in [0.5, 0.6) is 5.75 Å². The number of phenolic OH excluding ortho intramolecular Hbond substituents is 1. The van der Waals surface area contributed by atoms with Crippen LogP contribution >= 0.6 is 0 Å². The van der Waals surface area contributed by atoms with Gasteiger partial charge in [0.15, 0.2) is 0 Å². The van der Waals surface area contributed by atoms with Gasteiger partial charge in [0.2, 0.25) is 11.8 Å². The summed E-state index contributed by atoms with van der Waals surface area (Å²) >= 11 is 0. The van der Waals surface area contributed by atoms with Gasteiger partial charge in [0, 0.05) is 39.3 Å². The largest absolute Gasteiger partial charge is 0.508 e. The van der Waals surface area contributed by atoms with Crippen molar-refractivity contribution in [2.24, 2.45) is 0 Å². The molecule has 1 aromatic rings. The summed E-state index contributed by atoms with van der Waals surface area (Å²) in [5.41, 5.74) is 6.85. The Hall–Kier alpha value is -2.24. The lowest BCUT2D eigenvalue weighted by molar-refractivity contribution is -0.137. The molecule has 0 saturated carbocycles. The molecule has 0 radical (unpaired) electrons. The normalized spacial score (nSPS) is 11.8. The van der Waals surface area contributed by atoms with E-state index in [1.165, 1.54) is 17.0 Å². The predicted molar refractivity (Wildman–Crippen MR) is 86.5 cm³/mol. The highest BCUT2D eigenvalue weighted by Gasteiger charge is 2.29. The second-order valence-electron chi connectivity index (χ2n) is 5.37. The summed E-state index contributed by atoms with van der Waals surface area (Å²) in [5.74, 6) is -0.980. The highest BCUT2D eigenvalue weighted by molar-refractivity contribution is 5.91. The molecule has 1 unspecified atom stereocenters. The Balaban J connectivity index is 3.24. The van der Waals surface area contributed by atoms with E-state index in [-0.39, 0.29) is 24.0 Å². The molecule has 6 heteroatoms. The summed E-state index contributed by atoms with van der Waals surface area (Å²) in [6.07, 6.45) is 0.0238. The quantitative estimate of drug-likeness (QED) is 0.614. The first-order chi connectivity index (χ1) is 10.3. The number of rotatable bonds is 6. The van der Waals surface area contributed by atoms with Crippen molar-refractivity contribution in [3.05, 3.63) is 23.8 Å². The zero-order valence-corrected chi connectivity index (χ0v) is 13.7. The van der Waals surface area contributed by atoms with Gasteiger partial charge in [-0.05, 0) is 37.6 Å². The van der Waals surface area contributed by atoms with Crippen molar-refractivity contribution in [1.82, 2.24) is 9.80 Å². The first-order valence-corrected chi connectivity index (χ1v) is 7.39. The molecule has 0 saturated heterocycles. The average molecular weight is 307 g/mol. The van der Waals surface area contributed by atoms with Crippen molar-refractivity contribution in [3.8, 4) is 5.75 Å². The number of carbonyl (C=O) groups is 2. The van der Waals surface area contributed by atoms with Crippen molar-refractivity contribution < 1.29 is 14.7 Å². The minimum atomic E-state index is -0.693. The van der Waals surface area contributed by atoms with E-state index in [0.717, 1.165) is 0 Å². The maximum absolute atomic E-state index is 12.7. The summed E-state index contributed by atoms with van der Waals surface area (Å²) in [6, 6.07) is 4.48. The number of amides is 2. The molecule has 1 atom stereocenters. The number of benzene rings is 1. The standard InChI is InChI=1S/C16H25N3O3/c1-5-19(6-2)16(22)13(10-15(21)18(3)4)12-9-11(20)7-8-14(12)17/h7-9,13,20H,5-6,10,17H2,1-4H3. The molecule has 3 N–H and O–H groups in total. The Labute approximate surface area is 131 Å². The van der Waals surface area contributed by atoms with Gasteiger partial charge < -0.3 is 20.6 Å². The Morgan fingerprint density at radius 2 is 1.82 bits per heavy atom. The van der Waals surface area contributed by atoms with Crippen LogP contribution in [0.3, 0.4) is 0 Å². The van der Waals surface area contributed by atoms with Crippen LogP contribution in [0.25, 0.3) is 0 Å². The van der Waals surface area contributed by atoms with Crippen molar-refractivity contribution in [2.45, 2.75) is 26.2 Å². The molecule has 0 aliphatic rings. The molecule has 0 spiro atoms. The molecule has 0 aliphatic carbocycles. The lowest BCUT2D eigenvalue weighted by Gasteiger charge is -2.26. The second-order valence-corrected chi connectivity index (χ2v) is 5.37. The third kappa shape index (κ3) is 4.13. The molecule has 22 heavy (non-hydrogen) atoms. The minimum absolute atomic E-state index is 0.0238. The van der Waals surface area contributed by atoms with Crippen LogP contribution in [-0.4, -0.2) is 53.9 Å². The van der Waals surface area contributed by atoms with E-state index in [4.69, 9.17) is 5.73 Å². The topological polar surface area (TPSA) is 86.9 Å². The van der Waals surface area contributed by atoms with Gasteiger partial charge in [-0.3, -0.25) is 9.59 Å². The van der Waals surface area contributed by atoms with Gasteiger partial charge in [0.05, 0.1) is 5.92 Å². The highest BCUT2D eigenvalue weighted by Crippen LogP contribution is 2.30. The third-order valence-electron chi connectivity index (χ3n) is 3.70. The smallest absolute Gasteiger partial charge is 0.230 e. The number of nitrogens with two attached hydrogens (primary N) is 1. The van der Waals surface area contributed by atoms with Crippen LogP contribution < -0.4 is 5.73 Å². The maximum atomic E-state index is 12.7. The van der Waals surface area contributed by atoms with E-state index in [1.54, 1.807) is 25.1 Å². The molecule has 0 aromatic heterocycles. The van der Waals surface area contributed by atoms with E-state index >= 15 is 0 Å². The summed E-state index contributed by atoms with van der Waals surface area (Å²) in [6.45, 7) is 4.89.